The second kappa shape index (κ2) is 10.9. The third-order valence-corrected chi connectivity index (χ3v) is 4.45. The lowest BCUT2D eigenvalue weighted by Crippen LogP contribution is -2.60. The van der Waals surface area contributed by atoms with Crippen LogP contribution >= 0.6 is 0 Å². The summed E-state index contributed by atoms with van der Waals surface area (Å²) in [7, 11) is 0. The Morgan fingerprint density at radius 3 is 2.79 bits per heavy atom. The van der Waals surface area contributed by atoms with Crippen molar-refractivity contribution in [3.63, 3.8) is 0 Å². The average Bonchev–Trinajstić information content (AvgIpc) is 3.24. The topological polar surface area (TPSA) is 90.5 Å². The predicted octanol–water partition coefficient (Wildman–Crippen LogP) is 1.46. The van der Waals surface area contributed by atoms with Gasteiger partial charge in [0.15, 0.2) is 0 Å². The molecule has 1 fully saturated rings. The van der Waals surface area contributed by atoms with Gasteiger partial charge in [-0.25, -0.2) is 0 Å². The maximum absolute atomic E-state index is 10.9. The monoisotopic (exact) mass is 337 g/mol. The van der Waals surface area contributed by atoms with E-state index in [2.05, 4.69) is 22.5 Å². The number of allylic oxidation sites excluding steroid dienone is 2. The number of hydrogen-bond acceptors (Lipinski definition) is 5. The van der Waals surface area contributed by atoms with E-state index in [-0.39, 0.29) is 6.04 Å². The highest BCUT2D eigenvalue weighted by atomic mass is 16.3. The molecule has 138 valence electrons. The van der Waals surface area contributed by atoms with Crippen LogP contribution in [0.3, 0.4) is 0 Å². The molecular formula is C19H35N3O2. The molecule has 24 heavy (non-hydrogen) atoms. The van der Waals surface area contributed by atoms with Crippen molar-refractivity contribution in [2.75, 3.05) is 6.54 Å². The Hall–Kier alpha value is -0.900. The molecule has 0 aliphatic heterocycles. The van der Waals surface area contributed by atoms with Crippen LogP contribution in [0.1, 0.15) is 59.3 Å². The van der Waals surface area contributed by atoms with Gasteiger partial charge in [0.25, 0.3) is 0 Å². The van der Waals surface area contributed by atoms with Crippen molar-refractivity contribution >= 4 is 0 Å². The Morgan fingerprint density at radius 2 is 2.17 bits per heavy atom. The summed E-state index contributed by atoms with van der Waals surface area (Å²) >= 11 is 0. The Bertz CT molecular complexity index is 438. The van der Waals surface area contributed by atoms with Crippen molar-refractivity contribution in [3.05, 3.63) is 12.2 Å². The van der Waals surface area contributed by atoms with Gasteiger partial charge in [-0.15, -0.1) is 0 Å². The van der Waals surface area contributed by atoms with E-state index in [1.54, 1.807) is 13.8 Å². The summed E-state index contributed by atoms with van der Waals surface area (Å²) in [5.74, 6) is 6.67. The maximum atomic E-state index is 10.9. The second-order valence-electron chi connectivity index (χ2n) is 6.93. The minimum absolute atomic E-state index is 0.225. The molecule has 1 saturated carbocycles. The molecule has 1 aliphatic rings. The minimum Gasteiger partial charge on any atom is -0.379 e. The number of nitrogens with one attached hydrogen (secondary N) is 2. The fourth-order valence-corrected chi connectivity index (χ4v) is 3.03. The van der Waals surface area contributed by atoms with Gasteiger partial charge in [0.2, 0.25) is 0 Å². The number of hydrogen-bond donors (Lipinski definition) is 5. The third-order valence-electron chi connectivity index (χ3n) is 4.45. The fraction of sp³-hybridized carbons (Fsp3) is 0.789. The highest BCUT2D eigenvalue weighted by Gasteiger charge is 2.43. The first-order valence-corrected chi connectivity index (χ1v) is 9.14. The van der Waals surface area contributed by atoms with Crippen LogP contribution in [0.4, 0.5) is 0 Å². The Balaban J connectivity index is 2.48. The first kappa shape index (κ1) is 21.1. The van der Waals surface area contributed by atoms with E-state index in [0.29, 0.717) is 12.0 Å². The number of aliphatic hydroxyl groups is 2. The van der Waals surface area contributed by atoms with Crippen LogP contribution in [-0.4, -0.2) is 40.8 Å². The van der Waals surface area contributed by atoms with Crippen molar-refractivity contribution in [1.29, 1.82) is 0 Å². The van der Waals surface area contributed by atoms with Crippen molar-refractivity contribution in [3.8, 4) is 11.8 Å². The highest BCUT2D eigenvalue weighted by Crippen LogP contribution is 2.36. The van der Waals surface area contributed by atoms with E-state index >= 15 is 0 Å². The average molecular weight is 338 g/mol. The summed E-state index contributed by atoms with van der Waals surface area (Å²) < 4.78 is 0. The van der Waals surface area contributed by atoms with Crippen LogP contribution in [0, 0.1) is 17.8 Å². The molecule has 5 atom stereocenters. The number of rotatable bonds is 11. The molecule has 0 spiro atoms. The molecule has 0 aromatic rings. The summed E-state index contributed by atoms with van der Waals surface area (Å²) in [6, 6.07) is 0.121. The van der Waals surface area contributed by atoms with E-state index in [0.717, 1.165) is 45.1 Å². The van der Waals surface area contributed by atoms with Crippen LogP contribution in [-0.2, 0) is 0 Å². The Kier molecular flexibility index (Phi) is 9.57. The minimum atomic E-state index is -1.06. The Morgan fingerprint density at radius 1 is 1.42 bits per heavy atom. The highest BCUT2D eigenvalue weighted by molar-refractivity contribution is 5.14. The molecule has 6 N–H and O–H groups in total. The summed E-state index contributed by atoms with van der Waals surface area (Å²) in [5.41, 5.74) is 4.50. The van der Waals surface area contributed by atoms with Crippen LogP contribution in [0.5, 0.6) is 0 Å². The molecule has 5 nitrogen and oxygen atoms in total. The standard InChI is InChI=1S/C19H35N3O2/c1-4-5-6-7-8-9-12-18(21-15(2)23)19(3,24)22-17-14-16(17)11-10-13-20/h4-5,15-18,21-24H,8-14,20H2,1-3H3. The zero-order chi connectivity index (χ0) is 18.0. The van der Waals surface area contributed by atoms with E-state index in [4.69, 9.17) is 5.73 Å². The van der Waals surface area contributed by atoms with Gasteiger partial charge in [-0.1, -0.05) is 17.9 Å². The summed E-state index contributed by atoms with van der Waals surface area (Å²) in [6.45, 7) is 6.13. The van der Waals surface area contributed by atoms with Crippen LogP contribution in [0.2, 0.25) is 0 Å². The van der Waals surface area contributed by atoms with Gasteiger partial charge in [0.05, 0.1) is 6.04 Å². The normalized spacial score (nSPS) is 24.9. The zero-order valence-corrected chi connectivity index (χ0v) is 15.4. The lowest BCUT2D eigenvalue weighted by atomic mass is 9.98. The number of nitrogens with two attached hydrogens (primary N) is 1. The SMILES string of the molecule is CC=CC#CCCCC(NC(C)O)C(C)(O)NC1CC1CCCN. The van der Waals surface area contributed by atoms with Gasteiger partial charge in [-0.3, -0.25) is 10.6 Å². The molecule has 5 heteroatoms. The van der Waals surface area contributed by atoms with Crippen LogP contribution < -0.4 is 16.4 Å². The van der Waals surface area contributed by atoms with Crippen molar-refractivity contribution in [2.24, 2.45) is 11.7 Å². The fourth-order valence-electron chi connectivity index (χ4n) is 3.03. The van der Waals surface area contributed by atoms with Gasteiger partial charge < -0.3 is 15.9 Å². The smallest absolute Gasteiger partial charge is 0.128 e. The molecule has 0 amide bonds. The van der Waals surface area contributed by atoms with Crippen LogP contribution in [0.25, 0.3) is 0 Å². The molecule has 0 saturated heterocycles. The van der Waals surface area contributed by atoms with Crippen molar-refractivity contribution in [1.82, 2.24) is 10.6 Å². The van der Waals surface area contributed by atoms with Crippen molar-refractivity contribution < 1.29 is 10.2 Å². The Labute approximate surface area is 147 Å². The van der Waals surface area contributed by atoms with Gasteiger partial charge >= 0.3 is 0 Å². The predicted molar refractivity (Wildman–Crippen MR) is 99.0 cm³/mol. The number of unbranched alkanes of at least 4 members (excludes halogenated alkanes) is 1. The van der Waals surface area contributed by atoms with E-state index < -0.39 is 12.0 Å². The summed E-state index contributed by atoms with van der Waals surface area (Å²) in [4.78, 5) is 0. The largest absolute Gasteiger partial charge is 0.379 e. The van der Waals surface area contributed by atoms with E-state index in [1.165, 1.54) is 0 Å². The van der Waals surface area contributed by atoms with Gasteiger partial charge in [-0.05, 0) is 71.4 Å². The lowest BCUT2D eigenvalue weighted by molar-refractivity contribution is -0.0362. The molecular weight excluding hydrogens is 302 g/mol. The van der Waals surface area contributed by atoms with Crippen LogP contribution in [0.15, 0.2) is 12.2 Å². The molecule has 0 aromatic carbocycles. The quantitative estimate of drug-likeness (QED) is 0.224. The first-order valence-electron chi connectivity index (χ1n) is 9.14. The summed E-state index contributed by atoms with van der Waals surface area (Å²) in [5, 5.41) is 27.0. The van der Waals surface area contributed by atoms with Gasteiger partial charge in [-0.2, -0.15) is 0 Å². The zero-order valence-electron chi connectivity index (χ0n) is 15.4. The van der Waals surface area contributed by atoms with E-state index in [1.807, 2.05) is 19.1 Å². The molecule has 0 heterocycles. The van der Waals surface area contributed by atoms with Crippen molar-refractivity contribution in [2.45, 2.75) is 83.3 Å². The first-order chi connectivity index (χ1) is 11.4. The number of aliphatic hydroxyl groups excluding tert-OH is 1. The second-order valence-corrected chi connectivity index (χ2v) is 6.93. The van der Waals surface area contributed by atoms with Gasteiger partial charge in [0.1, 0.15) is 12.0 Å². The molecule has 0 aromatic heterocycles. The summed E-state index contributed by atoms with van der Waals surface area (Å²) in [6.07, 6.45) is 8.71. The molecule has 1 aliphatic carbocycles. The third kappa shape index (κ3) is 8.27. The molecule has 5 unspecified atom stereocenters. The van der Waals surface area contributed by atoms with E-state index in [9.17, 15) is 10.2 Å². The maximum Gasteiger partial charge on any atom is 0.128 e. The molecule has 1 rings (SSSR count). The molecule has 0 bridgehead atoms. The molecule has 0 radical (unpaired) electrons. The van der Waals surface area contributed by atoms with Gasteiger partial charge in [0, 0.05) is 12.5 Å². The lowest BCUT2D eigenvalue weighted by Gasteiger charge is -2.36.